The van der Waals surface area contributed by atoms with Crippen LogP contribution in [0, 0.1) is 6.92 Å². The molecule has 1 N–H and O–H groups in total. The highest BCUT2D eigenvalue weighted by Gasteiger charge is 2.34. The molecule has 1 aliphatic carbocycles. The molecule has 1 aliphatic rings. The minimum atomic E-state index is -3.69. The van der Waals surface area contributed by atoms with Crippen molar-refractivity contribution in [1.82, 2.24) is 14.3 Å². The summed E-state index contributed by atoms with van der Waals surface area (Å²) in [6, 6.07) is 13.9. The molecular formula is C21H23N3O3S. The van der Waals surface area contributed by atoms with E-state index >= 15 is 0 Å². The number of nitrogens with zero attached hydrogens (tertiary/aromatic N) is 2. The molecule has 28 heavy (non-hydrogen) atoms. The number of benzene rings is 2. The Kier molecular flexibility index (Phi) is 5.03. The van der Waals surface area contributed by atoms with E-state index in [-0.39, 0.29) is 23.0 Å². The smallest absolute Gasteiger partial charge is 0.258 e. The van der Waals surface area contributed by atoms with Gasteiger partial charge in [-0.25, -0.2) is 13.4 Å². The van der Waals surface area contributed by atoms with Crippen LogP contribution in [0.2, 0.25) is 0 Å². The maximum absolute atomic E-state index is 13.4. The summed E-state index contributed by atoms with van der Waals surface area (Å²) in [5, 5.41) is 0.500. The molecule has 1 saturated carbocycles. The zero-order valence-electron chi connectivity index (χ0n) is 15.8. The molecule has 0 saturated heterocycles. The summed E-state index contributed by atoms with van der Waals surface area (Å²) in [4.78, 5) is 19.9. The van der Waals surface area contributed by atoms with Crippen molar-refractivity contribution in [1.29, 1.82) is 0 Å². The molecule has 0 atom stereocenters. The number of aryl methyl sites for hydroxylation is 1. The van der Waals surface area contributed by atoms with Crippen LogP contribution in [0.5, 0.6) is 0 Å². The minimum absolute atomic E-state index is 0.0565. The van der Waals surface area contributed by atoms with Crippen LogP contribution in [-0.2, 0) is 16.6 Å². The SMILES string of the molecule is Cc1ccc(S(=O)(=O)N(Cc2nc3ccccc3c(=O)[nH]2)C2CCCC2)cc1. The summed E-state index contributed by atoms with van der Waals surface area (Å²) in [6.07, 6.45) is 3.66. The van der Waals surface area contributed by atoms with E-state index in [9.17, 15) is 13.2 Å². The van der Waals surface area contributed by atoms with Crippen LogP contribution < -0.4 is 5.56 Å². The second-order valence-electron chi connectivity index (χ2n) is 7.33. The normalized spacial score (nSPS) is 15.5. The van der Waals surface area contributed by atoms with Crippen LogP contribution in [0.4, 0.5) is 0 Å². The molecule has 4 rings (SSSR count). The molecule has 0 amide bonds. The van der Waals surface area contributed by atoms with Gasteiger partial charge in [0.05, 0.1) is 22.3 Å². The number of sulfonamides is 1. The second-order valence-corrected chi connectivity index (χ2v) is 9.22. The molecule has 0 bridgehead atoms. The van der Waals surface area contributed by atoms with Gasteiger partial charge in [0.1, 0.15) is 5.82 Å². The molecule has 1 aromatic heterocycles. The Bertz CT molecular complexity index is 1150. The van der Waals surface area contributed by atoms with E-state index in [0.29, 0.717) is 16.7 Å². The van der Waals surface area contributed by atoms with Crippen LogP contribution in [0.15, 0.2) is 58.2 Å². The zero-order chi connectivity index (χ0) is 19.7. The van der Waals surface area contributed by atoms with Gasteiger partial charge in [-0.15, -0.1) is 0 Å². The zero-order valence-corrected chi connectivity index (χ0v) is 16.6. The Hall–Kier alpha value is -2.51. The molecule has 146 valence electrons. The number of nitrogens with one attached hydrogen (secondary N) is 1. The lowest BCUT2D eigenvalue weighted by atomic mass is 10.2. The first-order valence-electron chi connectivity index (χ1n) is 9.51. The number of H-pyrrole nitrogens is 1. The van der Waals surface area contributed by atoms with Crippen LogP contribution in [0.3, 0.4) is 0 Å². The number of hydrogen-bond acceptors (Lipinski definition) is 4. The number of rotatable bonds is 5. The van der Waals surface area contributed by atoms with E-state index < -0.39 is 10.0 Å². The second kappa shape index (κ2) is 7.48. The van der Waals surface area contributed by atoms with E-state index in [1.165, 1.54) is 4.31 Å². The molecule has 3 aromatic rings. The van der Waals surface area contributed by atoms with E-state index in [2.05, 4.69) is 9.97 Å². The average Bonchev–Trinajstić information content (AvgIpc) is 3.21. The third-order valence-electron chi connectivity index (χ3n) is 5.33. The third kappa shape index (κ3) is 3.59. The highest BCUT2D eigenvalue weighted by Crippen LogP contribution is 2.30. The molecule has 1 heterocycles. The maximum Gasteiger partial charge on any atom is 0.258 e. The van der Waals surface area contributed by atoms with Gasteiger partial charge < -0.3 is 4.98 Å². The lowest BCUT2D eigenvalue weighted by Gasteiger charge is -2.27. The van der Waals surface area contributed by atoms with Gasteiger partial charge >= 0.3 is 0 Å². The summed E-state index contributed by atoms with van der Waals surface area (Å²) < 4.78 is 28.3. The molecule has 1 fully saturated rings. The quantitative estimate of drug-likeness (QED) is 0.716. The Labute approximate surface area is 164 Å². The average molecular weight is 398 g/mol. The minimum Gasteiger partial charge on any atom is -0.309 e. The van der Waals surface area contributed by atoms with Gasteiger partial charge in [0.15, 0.2) is 0 Å². The van der Waals surface area contributed by atoms with Crippen molar-refractivity contribution in [3.63, 3.8) is 0 Å². The van der Waals surface area contributed by atoms with E-state index in [4.69, 9.17) is 0 Å². The highest BCUT2D eigenvalue weighted by molar-refractivity contribution is 7.89. The number of para-hydroxylation sites is 1. The number of aromatic amines is 1. The maximum atomic E-state index is 13.4. The van der Waals surface area contributed by atoms with E-state index in [1.54, 1.807) is 42.5 Å². The van der Waals surface area contributed by atoms with E-state index in [1.807, 2.05) is 13.0 Å². The van der Waals surface area contributed by atoms with Gasteiger partial charge in [-0.3, -0.25) is 4.79 Å². The fourth-order valence-corrected chi connectivity index (χ4v) is 5.45. The van der Waals surface area contributed by atoms with Gasteiger partial charge in [0.25, 0.3) is 5.56 Å². The predicted molar refractivity (Wildman–Crippen MR) is 109 cm³/mol. The Balaban J connectivity index is 1.75. The van der Waals surface area contributed by atoms with Crippen LogP contribution in [0.25, 0.3) is 10.9 Å². The molecular weight excluding hydrogens is 374 g/mol. The van der Waals surface area contributed by atoms with Crippen molar-refractivity contribution in [3.8, 4) is 0 Å². The van der Waals surface area contributed by atoms with Crippen molar-refractivity contribution in [2.75, 3.05) is 0 Å². The molecule has 7 heteroatoms. The first-order valence-corrected chi connectivity index (χ1v) is 11.0. The van der Waals surface area contributed by atoms with Crippen LogP contribution >= 0.6 is 0 Å². The third-order valence-corrected chi connectivity index (χ3v) is 7.24. The van der Waals surface area contributed by atoms with Crippen LogP contribution in [0.1, 0.15) is 37.1 Å². The number of fused-ring (bicyclic) bond motifs is 1. The van der Waals surface area contributed by atoms with Gasteiger partial charge in [0, 0.05) is 6.04 Å². The van der Waals surface area contributed by atoms with Crippen molar-refractivity contribution in [2.45, 2.75) is 50.1 Å². The van der Waals surface area contributed by atoms with Crippen molar-refractivity contribution < 1.29 is 8.42 Å². The topological polar surface area (TPSA) is 83.1 Å². The number of hydrogen-bond donors (Lipinski definition) is 1. The summed E-state index contributed by atoms with van der Waals surface area (Å²) in [7, 11) is -3.69. The lowest BCUT2D eigenvalue weighted by molar-refractivity contribution is 0.310. The first kappa shape index (κ1) is 18.8. The Morgan fingerprint density at radius 3 is 2.46 bits per heavy atom. The fraction of sp³-hybridized carbons (Fsp3) is 0.333. The van der Waals surface area contributed by atoms with Crippen molar-refractivity contribution in [3.05, 3.63) is 70.3 Å². The molecule has 0 spiro atoms. The van der Waals surface area contributed by atoms with Gasteiger partial charge in [-0.1, -0.05) is 42.7 Å². The Morgan fingerprint density at radius 1 is 1.07 bits per heavy atom. The summed E-state index contributed by atoms with van der Waals surface area (Å²) in [6.45, 7) is 1.98. The molecule has 0 aliphatic heterocycles. The van der Waals surface area contributed by atoms with Gasteiger partial charge in [-0.2, -0.15) is 4.31 Å². The predicted octanol–water partition coefficient (Wildman–Crippen LogP) is 3.37. The van der Waals surface area contributed by atoms with Gasteiger partial charge in [0.2, 0.25) is 10.0 Å². The summed E-state index contributed by atoms with van der Waals surface area (Å²) in [5.74, 6) is 0.367. The standard InChI is InChI=1S/C21H23N3O3S/c1-15-10-12-17(13-11-15)28(26,27)24(16-6-2-3-7-16)14-20-22-19-9-5-4-8-18(19)21(25)23-20/h4-5,8-13,16H,2-3,6-7,14H2,1H3,(H,22,23,25). The molecule has 6 nitrogen and oxygen atoms in total. The molecule has 0 radical (unpaired) electrons. The van der Waals surface area contributed by atoms with Gasteiger partial charge in [-0.05, 0) is 44.0 Å². The first-order chi connectivity index (χ1) is 13.4. The van der Waals surface area contributed by atoms with E-state index in [0.717, 1.165) is 31.2 Å². The Morgan fingerprint density at radius 2 is 1.75 bits per heavy atom. The monoisotopic (exact) mass is 397 g/mol. The summed E-state index contributed by atoms with van der Waals surface area (Å²) >= 11 is 0. The van der Waals surface area contributed by atoms with Crippen molar-refractivity contribution in [2.24, 2.45) is 0 Å². The van der Waals surface area contributed by atoms with Crippen LogP contribution in [-0.4, -0.2) is 28.7 Å². The number of aromatic nitrogens is 2. The largest absolute Gasteiger partial charge is 0.309 e. The van der Waals surface area contributed by atoms with Crippen molar-refractivity contribution >= 4 is 20.9 Å². The highest BCUT2D eigenvalue weighted by atomic mass is 32.2. The lowest BCUT2D eigenvalue weighted by Crippen LogP contribution is -2.39. The summed E-state index contributed by atoms with van der Waals surface area (Å²) in [5.41, 5.74) is 1.33. The molecule has 0 unspecified atom stereocenters. The fourth-order valence-electron chi connectivity index (χ4n) is 3.81. The molecule has 2 aromatic carbocycles.